The molecule has 0 radical (unpaired) electrons. The summed E-state index contributed by atoms with van der Waals surface area (Å²) in [5.74, 6) is -1.74. The summed E-state index contributed by atoms with van der Waals surface area (Å²) in [4.78, 5) is 10.8. The second-order valence-electron chi connectivity index (χ2n) is 3.43. The molecule has 0 bridgehead atoms. The van der Waals surface area contributed by atoms with Crippen molar-refractivity contribution in [3.05, 3.63) is 30.0 Å². The van der Waals surface area contributed by atoms with Crippen molar-refractivity contribution < 1.29 is 19.4 Å². The maximum absolute atomic E-state index is 10.8. The zero-order valence-electron chi connectivity index (χ0n) is 8.10. The molecule has 0 aliphatic carbocycles. The van der Waals surface area contributed by atoms with Gasteiger partial charge in [-0.25, -0.2) is 0 Å². The number of hydrogen-bond donors (Lipinski definition) is 2. The van der Waals surface area contributed by atoms with Crippen molar-refractivity contribution in [2.24, 2.45) is 0 Å². The Morgan fingerprint density at radius 2 is 2.20 bits per heavy atom. The molecule has 2 aromatic rings. The minimum atomic E-state index is -0.976. The highest BCUT2D eigenvalue weighted by Crippen LogP contribution is 2.31. The van der Waals surface area contributed by atoms with E-state index in [0.717, 1.165) is 5.39 Å². The number of aliphatic carboxylic acids is 1. The maximum Gasteiger partial charge on any atom is 0.310 e. The van der Waals surface area contributed by atoms with E-state index in [0.29, 0.717) is 11.1 Å². The van der Waals surface area contributed by atoms with E-state index in [-0.39, 0.29) is 5.75 Å². The van der Waals surface area contributed by atoms with Gasteiger partial charge >= 0.3 is 5.97 Å². The van der Waals surface area contributed by atoms with Crippen LogP contribution in [0.5, 0.6) is 5.75 Å². The molecular weight excluding hydrogens is 196 g/mol. The number of rotatable bonds is 2. The van der Waals surface area contributed by atoms with Crippen LogP contribution in [-0.2, 0) is 4.79 Å². The average Bonchev–Trinajstić information content (AvgIpc) is 2.62. The summed E-state index contributed by atoms with van der Waals surface area (Å²) in [5.41, 5.74) is 0.945. The van der Waals surface area contributed by atoms with E-state index in [2.05, 4.69) is 0 Å². The Hall–Kier alpha value is -1.97. The number of benzene rings is 1. The lowest BCUT2D eigenvalue weighted by atomic mass is 9.99. The number of carbonyl (C=O) groups is 1. The van der Waals surface area contributed by atoms with Gasteiger partial charge in [0.25, 0.3) is 0 Å². The van der Waals surface area contributed by atoms with Gasteiger partial charge in [0, 0.05) is 10.9 Å². The van der Waals surface area contributed by atoms with Crippen molar-refractivity contribution in [2.75, 3.05) is 0 Å². The zero-order valence-corrected chi connectivity index (χ0v) is 8.10. The molecule has 1 atom stereocenters. The van der Waals surface area contributed by atoms with E-state index in [4.69, 9.17) is 9.52 Å². The number of phenolic OH excluding ortho intramolecular Hbond substituents is 1. The average molecular weight is 206 g/mol. The zero-order chi connectivity index (χ0) is 11.0. The number of phenols is 1. The van der Waals surface area contributed by atoms with Crippen LogP contribution in [0.2, 0.25) is 0 Å². The van der Waals surface area contributed by atoms with Crippen LogP contribution in [0.1, 0.15) is 18.4 Å². The molecule has 0 amide bonds. The van der Waals surface area contributed by atoms with E-state index in [9.17, 15) is 9.90 Å². The Morgan fingerprint density at radius 1 is 1.47 bits per heavy atom. The second kappa shape index (κ2) is 3.31. The first kappa shape index (κ1) is 9.58. The third-order valence-electron chi connectivity index (χ3n) is 2.44. The molecule has 1 aromatic carbocycles. The van der Waals surface area contributed by atoms with Crippen LogP contribution in [-0.4, -0.2) is 16.2 Å². The molecule has 0 spiro atoms. The van der Waals surface area contributed by atoms with Crippen LogP contribution in [0.15, 0.2) is 28.9 Å². The molecule has 15 heavy (non-hydrogen) atoms. The van der Waals surface area contributed by atoms with E-state index >= 15 is 0 Å². The SMILES string of the molecule is CC(C(=O)O)c1cc2occc2cc1O. The summed E-state index contributed by atoms with van der Waals surface area (Å²) in [6.45, 7) is 1.52. The Kier molecular flexibility index (Phi) is 2.11. The minimum absolute atomic E-state index is 0.0150. The molecule has 1 heterocycles. The fourth-order valence-electron chi connectivity index (χ4n) is 1.49. The van der Waals surface area contributed by atoms with E-state index in [1.165, 1.54) is 19.3 Å². The Balaban J connectivity index is 2.59. The van der Waals surface area contributed by atoms with Gasteiger partial charge in [-0.2, -0.15) is 0 Å². The number of carboxylic acids is 1. The van der Waals surface area contributed by atoms with Crippen molar-refractivity contribution in [2.45, 2.75) is 12.8 Å². The highest BCUT2D eigenvalue weighted by molar-refractivity contribution is 5.84. The Morgan fingerprint density at radius 3 is 2.87 bits per heavy atom. The number of aromatic hydroxyl groups is 1. The molecule has 1 unspecified atom stereocenters. The van der Waals surface area contributed by atoms with Crippen molar-refractivity contribution in [3.8, 4) is 5.75 Å². The molecular formula is C11H10O4. The maximum atomic E-state index is 10.8. The van der Waals surface area contributed by atoms with Crippen LogP contribution in [0, 0.1) is 0 Å². The summed E-state index contributed by atoms with van der Waals surface area (Å²) in [6.07, 6.45) is 1.50. The molecule has 2 rings (SSSR count). The monoisotopic (exact) mass is 206 g/mol. The molecule has 1 aromatic heterocycles. The summed E-state index contributed by atoms with van der Waals surface area (Å²) >= 11 is 0. The third kappa shape index (κ3) is 1.54. The molecule has 4 nitrogen and oxygen atoms in total. The fourth-order valence-corrected chi connectivity index (χ4v) is 1.49. The normalized spacial score (nSPS) is 12.9. The molecule has 0 saturated heterocycles. The van der Waals surface area contributed by atoms with Gasteiger partial charge in [0.15, 0.2) is 0 Å². The standard InChI is InChI=1S/C11H10O4/c1-6(11(13)14)8-5-10-7(2-3-15-10)4-9(8)12/h2-6,12H,1H3,(H,13,14). The molecule has 0 aliphatic heterocycles. The predicted octanol–water partition coefficient (Wildman–Crippen LogP) is 2.33. The van der Waals surface area contributed by atoms with Crippen LogP contribution in [0.3, 0.4) is 0 Å². The summed E-state index contributed by atoms with van der Waals surface area (Å²) in [6, 6.07) is 4.78. The smallest absolute Gasteiger partial charge is 0.310 e. The number of hydrogen-bond acceptors (Lipinski definition) is 3. The lowest BCUT2D eigenvalue weighted by Gasteiger charge is -2.08. The fraction of sp³-hybridized carbons (Fsp3) is 0.182. The van der Waals surface area contributed by atoms with Crippen LogP contribution in [0.4, 0.5) is 0 Å². The van der Waals surface area contributed by atoms with Gasteiger partial charge in [0.2, 0.25) is 0 Å². The Labute approximate surface area is 85.8 Å². The van der Waals surface area contributed by atoms with Gasteiger partial charge in [-0.3, -0.25) is 4.79 Å². The van der Waals surface area contributed by atoms with Crippen molar-refractivity contribution in [3.63, 3.8) is 0 Å². The van der Waals surface area contributed by atoms with Gasteiger partial charge in [0.1, 0.15) is 11.3 Å². The van der Waals surface area contributed by atoms with Gasteiger partial charge < -0.3 is 14.6 Å². The van der Waals surface area contributed by atoms with Crippen LogP contribution < -0.4 is 0 Å². The highest BCUT2D eigenvalue weighted by atomic mass is 16.4. The van der Waals surface area contributed by atoms with Crippen molar-refractivity contribution in [1.29, 1.82) is 0 Å². The largest absolute Gasteiger partial charge is 0.508 e. The lowest BCUT2D eigenvalue weighted by Crippen LogP contribution is -2.07. The molecule has 0 saturated carbocycles. The van der Waals surface area contributed by atoms with Crippen molar-refractivity contribution >= 4 is 16.9 Å². The number of carboxylic acid groups (broad SMARTS) is 1. The molecule has 0 aliphatic rings. The first-order chi connectivity index (χ1) is 7.09. The highest BCUT2D eigenvalue weighted by Gasteiger charge is 2.18. The third-order valence-corrected chi connectivity index (χ3v) is 2.44. The Bertz CT molecular complexity index is 512. The van der Waals surface area contributed by atoms with Gasteiger partial charge in [-0.15, -0.1) is 0 Å². The quantitative estimate of drug-likeness (QED) is 0.791. The summed E-state index contributed by atoms with van der Waals surface area (Å²) in [7, 11) is 0. The van der Waals surface area contributed by atoms with Crippen LogP contribution in [0.25, 0.3) is 11.0 Å². The van der Waals surface area contributed by atoms with Gasteiger partial charge in [0.05, 0.1) is 12.2 Å². The minimum Gasteiger partial charge on any atom is -0.508 e. The topological polar surface area (TPSA) is 70.7 Å². The second-order valence-corrected chi connectivity index (χ2v) is 3.43. The summed E-state index contributed by atoms with van der Waals surface area (Å²) < 4.78 is 5.14. The van der Waals surface area contributed by atoms with E-state index in [1.807, 2.05) is 0 Å². The molecule has 4 heteroatoms. The molecule has 2 N–H and O–H groups in total. The first-order valence-electron chi connectivity index (χ1n) is 4.52. The van der Waals surface area contributed by atoms with Crippen LogP contribution >= 0.6 is 0 Å². The molecule has 78 valence electrons. The number of fused-ring (bicyclic) bond motifs is 1. The number of furan rings is 1. The first-order valence-corrected chi connectivity index (χ1v) is 4.52. The van der Waals surface area contributed by atoms with Gasteiger partial charge in [-0.1, -0.05) is 0 Å². The van der Waals surface area contributed by atoms with E-state index in [1.54, 1.807) is 12.1 Å². The lowest BCUT2D eigenvalue weighted by molar-refractivity contribution is -0.138. The predicted molar refractivity (Wildman–Crippen MR) is 53.9 cm³/mol. The van der Waals surface area contributed by atoms with Gasteiger partial charge in [-0.05, 0) is 25.1 Å². The van der Waals surface area contributed by atoms with Crippen molar-refractivity contribution in [1.82, 2.24) is 0 Å². The van der Waals surface area contributed by atoms with E-state index < -0.39 is 11.9 Å². The molecule has 0 fully saturated rings. The summed E-state index contributed by atoms with van der Waals surface area (Å²) in [5, 5.41) is 19.2.